The van der Waals surface area contributed by atoms with Gasteiger partial charge in [0, 0.05) is 31.9 Å². The van der Waals surface area contributed by atoms with E-state index >= 15 is 0 Å². The zero-order valence-corrected chi connectivity index (χ0v) is 20.1. The lowest BCUT2D eigenvalue weighted by Crippen LogP contribution is -2.48. The normalized spacial score (nSPS) is 19.0. The number of rotatable bonds is 7. The highest BCUT2D eigenvalue weighted by atomic mass is 19.1. The molecular formula is C24H27FN6O5. The van der Waals surface area contributed by atoms with Gasteiger partial charge < -0.3 is 14.4 Å². The van der Waals surface area contributed by atoms with Crippen LogP contribution in [0.1, 0.15) is 50.3 Å². The van der Waals surface area contributed by atoms with Crippen molar-refractivity contribution < 1.29 is 28.3 Å². The number of halogens is 1. The summed E-state index contributed by atoms with van der Waals surface area (Å²) in [6.45, 7) is 4.59. The number of piperidine rings is 1. The number of pyridine rings is 1. The van der Waals surface area contributed by atoms with E-state index < -0.39 is 23.8 Å². The third kappa shape index (κ3) is 5.36. The first-order valence-corrected chi connectivity index (χ1v) is 11.7. The van der Waals surface area contributed by atoms with Crippen molar-refractivity contribution in [1.82, 2.24) is 20.0 Å². The predicted molar refractivity (Wildman–Crippen MR) is 123 cm³/mol. The first-order valence-electron chi connectivity index (χ1n) is 11.7. The number of hydroxylamine groups is 2. The van der Waals surface area contributed by atoms with Crippen molar-refractivity contribution in [3.63, 3.8) is 0 Å². The molecule has 0 N–H and O–H groups in total. The molecular weight excluding hydrogens is 471 g/mol. The molecule has 0 unspecified atom stereocenters. The van der Waals surface area contributed by atoms with Crippen molar-refractivity contribution in [2.45, 2.75) is 39.2 Å². The molecule has 2 aromatic heterocycles. The van der Waals surface area contributed by atoms with Crippen LogP contribution in [0.15, 0.2) is 24.7 Å². The molecule has 190 valence electrons. The molecule has 2 aromatic rings. The second-order valence-electron chi connectivity index (χ2n) is 8.85. The average molecular weight is 499 g/mol. The molecule has 0 radical (unpaired) electrons. The fourth-order valence-corrected chi connectivity index (χ4v) is 4.28. The molecule has 2 aliphatic heterocycles. The Kier molecular flexibility index (Phi) is 7.59. The smallest absolute Gasteiger partial charge is 0.344 e. The minimum absolute atomic E-state index is 0.134. The van der Waals surface area contributed by atoms with E-state index in [-0.39, 0.29) is 30.4 Å². The number of nitriles is 1. The number of ether oxygens (including phenoxy) is 2. The Hall–Kier alpha value is -3.85. The van der Waals surface area contributed by atoms with Crippen LogP contribution >= 0.6 is 0 Å². The third-order valence-corrected chi connectivity index (χ3v) is 6.38. The van der Waals surface area contributed by atoms with E-state index in [9.17, 15) is 19.2 Å². The lowest BCUT2D eigenvalue weighted by Gasteiger charge is -2.40. The van der Waals surface area contributed by atoms with Crippen molar-refractivity contribution in [1.29, 1.82) is 5.26 Å². The second-order valence-corrected chi connectivity index (χ2v) is 8.85. The van der Waals surface area contributed by atoms with Gasteiger partial charge in [-0.05, 0) is 31.4 Å². The molecule has 0 bridgehead atoms. The van der Waals surface area contributed by atoms with Crippen LogP contribution in [0, 0.1) is 22.6 Å². The number of anilines is 1. The van der Waals surface area contributed by atoms with E-state index in [0.717, 1.165) is 11.8 Å². The molecule has 1 amide bonds. The van der Waals surface area contributed by atoms with Gasteiger partial charge in [-0.1, -0.05) is 6.92 Å². The number of carbonyl (C=O) groups excluding carboxylic acids is 2. The Balaban J connectivity index is 1.41. The zero-order valence-electron chi connectivity index (χ0n) is 20.1. The fourth-order valence-electron chi connectivity index (χ4n) is 4.28. The van der Waals surface area contributed by atoms with E-state index in [1.54, 1.807) is 19.2 Å². The van der Waals surface area contributed by atoms with Crippen molar-refractivity contribution in [2.75, 3.05) is 37.8 Å². The highest BCUT2D eigenvalue weighted by Crippen LogP contribution is 2.39. The van der Waals surface area contributed by atoms with E-state index in [4.69, 9.17) is 14.3 Å². The summed E-state index contributed by atoms with van der Waals surface area (Å²) < 4.78 is 24.0. The third-order valence-electron chi connectivity index (χ3n) is 6.38. The molecule has 4 heterocycles. The number of amides is 1. The van der Waals surface area contributed by atoms with Crippen LogP contribution in [0.2, 0.25) is 0 Å². The number of hydrogen-bond donors (Lipinski definition) is 0. The van der Waals surface area contributed by atoms with Crippen LogP contribution < -0.4 is 9.64 Å². The average Bonchev–Trinajstić information content (AvgIpc) is 3.38. The molecule has 2 saturated heterocycles. The van der Waals surface area contributed by atoms with Gasteiger partial charge in [0.1, 0.15) is 6.07 Å². The molecule has 0 aliphatic carbocycles. The summed E-state index contributed by atoms with van der Waals surface area (Å²) in [4.78, 5) is 44.9. The Morgan fingerprint density at radius 3 is 2.81 bits per heavy atom. The minimum atomic E-state index is -0.785. The number of nitrogens with zero attached hydrogens (tertiary/aromatic N) is 6. The van der Waals surface area contributed by atoms with E-state index in [0.29, 0.717) is 44.5 Å². The molecule has 1 atom stereocenters. The van der Waals surface area contributed by atoms with Crippen LogP contribution in [0.25, 0.3) is 0 Å². The largest absolute Gasteiger partial charge is 0.463 e. The Morgan fingerprint density at radius 2 is 2.08 bits per heavy atom. The van der Waals surface area contributed by atoms with Gasteiger partial charge in [-0.2, -0.15) is 14.6 Å². The molecule has 36 heavy (non-hydrogen) atoms. The summed E-state index contributed by atoms with van der Waals surface area (Å²) in [5.41, 5.74) is 0.495. The second kappa shape index (κ2) is 10.8. The molecule has 2 aliphatic rings. The first kappa shape index (κ1) is 25.2. The van der Waals surface area contributed by atoms with Crippen LogP contribution in [0.3, 0.4) is 0 Å². The maximum absolute atomic E-state index is 14.1. The van der Waals surface area contributed by atoms with Crippen molar-refractivity contribution in [2.24, 2.45) is 5.41 Å². The number of esters is 1. The van der Waals surface area contributed by atoms with E-state index in [1.165, 1.54) is 11.3 Å². The van der Waals surface area contributed by atoms with Crippen LogP contribution in [0.4, 0.5) is 10.3 Å². The summed E-state index contributed by atoms with van der Waals surface area (Å²) >= 11 is 0. The summed E-state index contributed by atoms with van der Waals surface area (Å²) in [6, 6.07) is 3.49. The summed E-state index contributed by atoms with van der Waals surface area (Å²) in [5, 5.41) is 10.6. The van der Waals surface area contributed by atoms with Crippen molar-refractivity contribution >= 4 is 17.8 Å². The van der Waals surface area contributed by atoms with Gasteiger partial charge in [0.15, 0.2) is 6.61 Å². The van der Waals surface area contributed by atoms with E-state index in [1.807, 2.05) is 11.8 Å². The minimum Gasteiger partial charge on any atom is -0.463 e. The topological polar surface area (TPSA) is 131 Å². The summed E-state index contributed by atoms with van der Waals surface area (Å²) in [7, 11) is 0. The summed E-state index contributed by atoms with van der Waals surface area (Å²) in [5.74, 6) is -1.63. The zero-order chi connectivity index (χ0) is 25.7. The van der Waals surface area contributed by atoms with Gasteiger partial charge in [-0.15, -0.1) is 0 Å². The van der Waals surface area contributed by atoms with Gasteiger partial charge in [0.25, 0.3) is 11.8 Å². The number of hydrogen-bond acceptors (Lipinski definition) is 10. The molecule has 12 heteroatoms. The highest BCUT2D eigenvalue weighted by Gasteiger charge is 2.44. The Labute approximate surface area is 207 Å². The number of aromatic nitrogens is 3. The van der Waals surface area contributed by atoms with Crippen molar-refractivity contribution in [3.05, 3.63) is 41.6 Å². The lowest BCUT2D eigenvalue weighted by atomic mass is 9.79. The molecule has 4 rings (SSSR count). The lowest BCUT2D eigenvalue weighted by molar-refractivity contribution is -0.189. The van der Waals surface area contributed by atoms with Gasteiger partial charge in [-0.3, -0.25) is 14.6 Å². The fraction of sp³-hybridized carbons (Fsp3) is 0.500. The van der Waals surface area contributed by atoms with Crippen molar-refractivity contribution in [3.8, 4) is 11.9 Å². The quantitative estimate of drug-likeness (QED) is 0.524. The van der Waals surface area contributed by atoms with Crippen LogP contribution in [-0.2, 0) is 19.2 Å². The molecule has 11 nitrogen and oxygen atoms in total. The van der Waals surface area contributed by atoms with Gasteiger partial charge in [0.2, 0.25) is 11.8 Å². The predicted octanol–water partition coefficient (Wildman–Crippen LogP) is 2.34. The van der Waals surface area contributed by atoms with Gasteiger partial charge >= 0.3 is 5.97 Å². The van der Waals surface area contributed by atoms with Crippen LogP contribution in [-0.4, -0.2) is 64.8 Å². The monoisotopic (exact) mass is 498 g/mol. The molecule has 0 saturated carbocycles. The van der Waals surface area contributed by atoms with Crippen LogP contribution in [0.5, 0.6) is 5.88 Å². The van der Waals surface area contributed by atoms with E-state index in [2.05, 4.69) is 21.0 Å². The van der Waals surface area contributed by atoms with Gasteiger partial charge in [0.05, 0.1) is 36.4 Å². The Morgan fingerprint density at radius 1 is 1.31 bits per heavy atom. The molecule has 0 aromatic carbocycles. The first-order chi connectivity index (χ1) is 17.3. The maximum Gasteiger partial charge on any atom is 0.344 e. The molecule has 2 fully saturated rings. The highest BCUT2D eigenvalue weighted by molar-refractivity contribution is 5.82. The SMILES string of the molecule is CCOC(=O)COc1nc(N2CCC(C)(C(=O)N3OCC[C@H]3c3cncc(C#N)c3)CC2)ncc1F. The number of carbonyl (C=O) groups is 2. The Bertz CT molecular complexity index is 1160. The molecule has 0 spiro atoms. The maximum atomic E-state index is 14.1. The standard InChI is InChI=1S/C24H27FN6O5/c1-3-34-20(32)15-35-21-18(25)14-28-23(29-21)30-7-5-24(2,6-8-30)22(33)31-19(4-9-36-31)17-10-16(11-26)12-27-13-17/h10,12-14,19H,3-9,15H2,1-2H3/t19-/m0/s1. The van der Waals surface area contributed by atoms with Gasteiger partial charge in [-0.25, -0.2) is 14.8 Å². The summed E-state index contributed by atoms with van der Waals surface area (Å²) in [6.07, 6.45) is 5.73.